The molecule has 1 aliphatic heterocycles. The molecule has 0 N–H and O–H groups in total. The molecule has 0 saturated carbocycles. The maximum absolute atomic E-state index is 10.4. The molecule has 78 valence electrons. The van der Waals surface area contributed by atoms with Gasteiger partial charge in [-0.2, -0.15) is 0 Å². The van der Waals surface area contributed by atoms with Crippen LogP contribution in [-0.4, -0.2) is 27.1 Å². The van der Waals surface area contributed by atoms with Crippen molar-refractivity contribution in [3.05, 3.63) is 26.8 Å². The number of imidazole rings is 1. The fraction of sp³-hybridized carbons (Fsp3) is 0.500. The molecule has 1 aromatic rings. The highest BCUT2D eigenvalue weighted by Crippen LogP contribution is 2.22. The lowest BCUT2D eigenvalue weighted by molar-refractivity contribution is -0.389. The molecule has 0 spiro atoms. The lowest BCUT2D eigenvalue weighted by Crippen LogP contribution is -2.27. The second-order valence-electron chi connectivity index (χ2n) is 2.96. The van der Waals surface area contributed by atoms with Crippen LogP contribution in [0.25, 0.3) is 10.4 Å². The van der Waals surface area contributed by atoms with E-state index in [4.69, 9.17) is 10.3 Å². The summed E-state index contributed by atoms with van der Waals surface area (Å²) in [5.41, 5.74) is 8.23. The number of nitrogens with zero attached hydrogens (tertiary/aromatic N) is 6. The van der Waals surface area contributed by atoms with Gasteiger partial charge in [0.15, 0.2) is 0 Å². The molecule has 9 heteroatoms. The molecule has 1 aliphatic rings. The van der Waals surface area contributed by atoms with Crippen LogP contribution in [0.5, 0.6) is 6.01 Å². The third-order valence-electron chi connectivity index (χ3n) is 1.94. The Hall–Kier alpha value is -2.28. The molecule has 0 amide bonds. The van der Waals surface area contributed by atoms with Crippen molar-refractivity contribution in [3.8, 4) is 6.01 Å². The van der Waals surface area contributed by atoms with Gasteiger partial charge in [0.2, 0.25) is 0 Å². The molecule has 2 heterocycles. The first-order chi connectivity index (χ1) is 7.20. The lowest BCUT2D eigenvalue weighted by Gasteiger charge is -2.17. The maximum Gasteiger partial charge on any atom is 0.414 e. The summed E-state index contributed by atoms with van der Waals surface area (Å²) in [6.45, 7) is 0.540. The number of nitro groups is 1. The van der Waals surface area contributed by atoms with Crippen LogP contribution in [0, 0.1) is 10.1 Å². The van der Waals surface area contributed by atoms with Crippen molar-refractivity contribution in [3.63, 3.8) is 0 Å². The Bertz CT molecular complexity index is 448. The van der Waals surface area contributed by atoms with Crippen LogP contribution >= 0.6 is 0 Å². The number of rotatable bonds is 2. The zero-order chi connectivity index (χ0) is 10.8. The van der Waals surface area contributed by atoms with Gasteiger partial charge in [0.25, 0.3) is 0 Å². The van der Waals surface area contributed by atoms with Gasteiger partial charge in [-0.1, -0.05) is 5.11 Å². The van der Waals surface area contributed by atoms with Gasteiger partial charge in [-0.05, 0) is 10.5 Å². The van der Waals surface area contributed by atoms with Gasteiger partial charge in [-0.25, -0.2) is 0 Å². The Morgan fingerprint density at radius 3 is 3.33 bits per heavy atom. The van der Waals surface area contributed by atoms with E-state index in [9.17, 15) is 10.1 Å². The highest BCUT2D eigenvalue weighted by Gasteiger charge is 2.26. The van der Waals surface area contributed by atoms with Crippen molar-refractivity contribution in [2.45, 2.75) is 12.6 Å². The first-order valence-corrected chi connectivity index (χ1v) is 4.09. The van der Waals surface area contributed by atoms with Gasteiger partial charge in [0, 0.05) is 16.4 Å². The third kappa shape index (κ3) is 1.67. The predicted molar refractivity (Wildman–Crippen MR) is 47.3 cm³/mol. The van der Waals surface area contributed by atoms with E-state index < -0.39 is 4.92 Å². The van der Waals surface area contributed by atoms with E-state index in [1.807, 2.05) is 0 Å². The highest BCUT2D eigenvalue weighted by atomic mass is 16.6. The molecule has 0 bridgehead atoms. The normalized spacial score (nSPS) is 18.5. The summed E-state index contributed by atoms with van der Waals surface area (Å²) in [5, 5.41) is 13.9. The largest absolute Gasteiger partial charge is 0.445 e. The smallest absolute Gasteiger partial charge is 0.414 e. The fourth-order valence-electron chi connectivity index (χ4n) is 1.31. The van der Waals surface area contributed by atoms with E-state index in [1.165, 1.54) is 10.8 Å². The van der Waals surface area contributed by atoms with Crippen molar-refractivity contribution >= 4 is 5.82 Å². The summed E-state index contributed by atoms with van der Waals surface area (Å²) in [4.78, 5) is 16.1. The molecule has 0 aromatic carbocycles. The maximum atomic E-state index is 10.4. The highest BCUT2D eigenvalue weighted by molar-refractivity contribution is 5.21. The minimum absolute atomic E-state index is 0.186. The van der Waals surface area contributed by atoms with Crippen LogP contribution in [-0.2, 0) is 6.54 Å². The number of aromatic nitrogens is 2. The van der Waals surface area contributed by atoms with Crippen molar-refractivity contribution in [2.24, 2.45) is 5.11 Å². The number of fused-ring (bicyclic) bond motifs is 1. The third-order valence-corrected chi connectivity index (χ3v) is 1.94. The van der Waals surface area contributed by atoms with Crippen molar-refractivity contribution in [1.29, 1.82) is 0 Å². The molecule has 0 fully saturated rings. The number of azide groups is 1. The van der Waals surface area contributed by atoms with Crippen LogP contribution in [0.4, 0.5) is 5.82 Å². The van der Waals surface area contributed by atoms with Gasteiger partial charge in [0.05, 0.1) is 6.04 Å². The Kier molecular flexibility index (Phi) is 2.14. The van der Waals surface area contributed by atoms with E-state index in [0.29, 0.717) is 6.54 Å². The Labute approximate surface area is 83.1 Å². The predicted octanol–water partition coefficient (Wildman–Crippen LogP) is 0.863. The summed E-state index contributed by atoms with van der Waals surface area (Å²) < 4.78 is 6.56. The Morgan fingerprint density at radius 1 is 1.87 bits per heavy atom. The van der Waals surface area contributed by atoms with Gasteiger partial charge in [0.1, 0.15) is 12.8 Å². The molecular formula is C6H6N6O3. The lowest BCUT2D eigenvalue weighted by atomic mass is 10.3. The summed E-state index contributed by atoms with van der Waals surface area (Å²) in [5.74, 6) is -0.272. The summed E-state index contributed by atoms with van der Waals surface area (Å²) in [7, 11) is 0. The van der Waals surface area contributed by atoms with Crippen LogP contribution in [0.2, 0.25) is 0 Å². The van der Waals surface area contributed by atoms with E-state index in [2.05, 4.69) is 15.0 Å². The average molecular weight is 210 g/mol. The van der Waals surface area contributed by atoms with Crippen LogP contribution in [0.1, 0.15) is 0 Å². The average Bonchev–Trinajstić information content (AvgIpc) is 2.61. The minimum Gasteiger partial charge on any atom is -0.445 e. The Balaban J connectivity index is 2.26. The zero-order valence-corrected chi connectivity index (χ0v) is 7.48. The second kappa shape index (κ2) is 3.46. The molecule has 0 radical (unpaired) electrons. The molecule has 1 aromatic heterocycles. The second-order valence-corrected chi connectivity index (χ2v) is 2.96. The summed E-state index contributed by atoms with van der Waals surface area (Å²) in [6, 6.07) is -0.164. The number of ether oxygens (including phenoxy) is 1. The van der Waals surface area contributed by atoms with E-state index in [0.717, 1.165) is 0 Å². The van der Waals surface area contributed by atoms with Gasteiger partial charge in [-0.15, -0.1) is 0 Å². The summed E-state index contributed by atoms with van der Waals surface area (Å²) in [6.07, 6.45) is 1.26. The zero-order valence-electron chi connectivity index (χ0n) is 7.48. The van der Waals surface area contributed by atoms with Crippen LogP contribution in [0.15, 0.2) is 11.3 Å². The number of hydrogen-bond acceptors (Lipinski definition) is 5. The van der Waals surface area contributed by atoms with Gasteiger partial charge < -0.3 is 14.9 Å². The van der Waals surface area contributed by atoms with Crippen molar-refractivity contribution in [2.75, 3.05) is 6.61 Å². The molecule has 2 rings (SSSR count). The monoisotopic (exact) mass is 210 g/mol. The quantitative estimate of drug-likeness (QED) is 0.236. The molecule has 1 unspecified atom stereocenters. The fourth-order valence-corrected chi connectivity index (χ4v) is 1.31. The minimum atomic E-state index is -0.600. The SMILES string of the molecule is [N-]=[N+]=NC1COc2nc([N+](=O)[O-])cn2C1. The molecule has 9 nitrogen and oxygen atoms in total. The van der Waals surface area contributed by atoms with Crippen LogP contribution in [0.3, 0.4) is 0 Å². The molecule has 1 atom stereocenters. The van der Waals surface area contributed by atoms with Gasteiger partial charge in [-0.3, -0.25) is 4.57 Å². The standard InChI is InChI=1S/C6H6N6O3/c7-10-9-4-1-11-2-5(12(13)14)8-6(11)15-3-4/h2,4H,1,3H2. The Morgan fingerprint density at radius 2 is 2.67 bits per heavy atom. The van der Waals surface area contributed by atoms with Crippen LogP contribution < -0.4 is 4.74 Å². The van der Waals surface area contributed by atoms with Gasteiger partial charge >= 0.3 is 11.8 Å². The molecule has 15 heavy (non-hydrogen) atoms. The van der Waals surface area contributed by atoms with E-state index in [-0.39, 0.29) is 24.5 Å². The van der Waals surface area contributed by atoms with E-state index >= 15 is 0 Å². The first kappa shape index (κ1) is 9.28. The summed E-state index contributed by atoms with van der Waals surface area (Å²) >= 11 is 0. The number of hydrogen-bond donors (Lipinski definition) is 0. The molecular weight excluding hydrogens is 204 g/mol. The van der Waals surface area contributed by atoms with Crippen molar-refractivity contribution < 1.29 is 9.66 Å². The first-order valence-electron chi connectivity index (χ1n) is 4.09. The van der Waals surface area contributed by atoms with Crippen molar-refractivity contribution in [1.82, 2.24) is 9.55 Å². The molecule has 0 aliphatic carbocycles. The van der Waals surface area contributed by atoms with E-state index in [1.54, 1.807) is 0 Å². The molecule has 0 saturated heterocycles. The topological polar surface area (TPSA) is 119 Å².